The molecule has 4 aliphatic carbocycles. The van der Waals surface area contributed by atoms with Crippen molar-refractivity contribution in [2.75, 3.05) is 26.3 Å². The van der Waals surface area contributed by atoms with Crippen LogP contribution in [-0.2, 0) is 29.2 Å². The second kappa shape index (κ2) is 18.8. The highest BCUT2D eigenvalue weighted by atomic mass is 28.3. The van der Waals surface area contributed by atoms with Gasteiger partial charge in [-0.2, -0.15) is 0 Å². The number of carbonyl (C=O) groups is 2. The van der Waals surface area contributed by atoms with Crippen LogP contribution in [0.25, 0.3) is 0 Å². The van der Waals surface area contributed by atoms with E-state index in [0.29, 0.717) is 18.3 Å². The number of benzene rings is 4. The van der Waals surface area contributed by atoms with Crippen LogP contribution in [0.2, 0.25) is 0 Å². The van der Waals surface area contributed by atoms with Crippen LogP contribution in [0.1, 0.15) is 112 Å². The van der Waals surface area contributed by atoms with Crippen molar-refractivity contribution in [3.05, 3.63) is 120 Å². The van der Waals surface area contributed by atoms with Crippen LogP contribution >= 0.6 is 0 Å². The maximum absolute atomic E-state index is 15.5. The summed E-state index contributed by atoms with van der Waals surface area (Å²) < 4.78 is 20.2. The maximum Gasteiger partial charge on any atom is 0.408 e. The first kappa shape index (κ1) is 46.9. The predicted molar refractivity (Wildman–Crippen MR) is 257 cm³/mol. The van der Waals surface area contributed by atoms with Gasteiger partial charge in [-0.1, -0.05) is 151 Å². The van der Waals surface area contributed by atoms with Crippen LogP contribution in [0.5, 0.6) is 0 Å². The third-order valence-electron chi connectivity index (χ3n) is 13.2. The topological polar surface area (TPSA) is 97.3 Å². The normalized spacial score (nSPS) is 22.6. The highest BCUT2D eigenvalue weighted by molar-refractivity contribution is 6.80. The van der Waals surface area contributed by atoms with Gasteiger partial charge in [0.2, 0.25) is 0 Å². The van der Waals surface area contributed by atoms with Crippen LogP contribution in [0, 0.1) is 17.3 Å². The largest absolute Gasteiger partial charge is 0.436 e. The van der Waals surface area contributed by atoms with E-state index in [-0.39, 0.29) is 43.0 Å². The Morgan fingerprint density at radius 2 is 1.06 bits per heavy atom. The van der Waals surface area contributed by atoms with Crippen molar-refractivity contribution in [2.24, 2.45) is 17.3 Å². The summed E-state index contributed by atoms with van der Waals surface area (Å²) in [5.74, 6) is 0.340. The van der Waals surface area contributed by atoms with Gasteiger partial charge in [-0.25, -0.2) is 4.79 Å². The SMILES string of the molecule is CC(C)(C)NC(=O)OC(C(=O)N(CCO[Si](c1ccccc1)c1ccc(C(C)(C)C)cc1)CCO[Si](c1ccccc1)c1ccc(C(C)(C)C)cc1)C12CC3CC(CC(O)(C3)C1)C2. The van der Waals surface area contributed by atoms with Crippen molar-refractivity contribution in [1.29, 1.82) is 0 Å². The summed E-state index contributed by atoms with van der Waals surface area (Å²) >= 11 is 0. The molecule has 4 aromatic carbocycles. The second-order valence-electron chi connectivity index (χ2n) is 21.8. The Hall–Kier alpha value is -4.07. The van der Waals surface area contributed by atoms with Gasteiger partial charge in [-0.3, -0.25) is 4.79 Å². The van der Waals surface area contributed by atoms with E-state index in [4.69, 9.17) is 13.6 Å². The molecular formula is C53H70N2O6Si2. The van der Waals surface area contributed by atoms with Gasteiger partial charge in [0, 0.05) is 24.0 Å². The number of alkyl carbamates (subject to hydrolysis) is 1. The molecule has 336 valence electrons. The van der Waals surface area contributed by atoms with Gasteiger partial charge in [0.25, 0.3) is 24.0 Å². The van der Waals surface area contributed by atoms with E-state index >= 15 is 4.79 Å². The molecule has 2 radical (unpaired) electrons. The molecule has 3 atom stereocenters. The van der Waals surface area contributed by atoms with Crippen LogP contribution in [0.15, 0.2) is 109 Å². The van der Waals surface area contributed by atoms with E-state index in [1.807, 2.05) is 62.1 Å². The number of amides is 2. The molecule has 4 aliphatic rings. The number of nitrogens with one attached hydrogen (secondary N) is 1. The Morgan fingerprint density at radius 1 is 0.651 bits per heavy atom. The van der Waals surface area contributed by atoms with E-state index in [9.17, 15) is 9.90 Å². The number of hydrogen-bond donors (Lipinski definition) is 2. The fraction of sp³-hybridized carbons (Fsp3) is 0.509. The lowest BCUT2D eigenvalue weighted by molar-refractivity contribution is -0.201. The number of rotatable bonds is 15. The van der Waals surface area contributed by atoms with E-state index in [1.54, 1.807) is 0 Å². The van der Waals surface area contributed by atoms with Crippen molar-refractivity contribution in [3.8, 4) is 0 Å². The Morgan fingerprint density at radius 3 is 1.44 bits per heavy atom. The second-order valence-corrected chi connectivity index (χ2v) is 26.0. The van der Waals surface area contributed by atoms with Gasteiger partial charge in [0.1, 0.15) is 0 Å². The predicted octanol–water partition coefficient (Wildman–Crippen LogP) is 7.28. The van der Waals surface area contributed by atoms with Gasteiger partial charge in [0.15, 0.2) is 6.10 Å². The van der Waals surface area contributed by atoms with Gasteiger partial charge >= 0.3 is 6.09 Å². The lowest BCUT2D eigenvalue weighted by atomic mass is 9.46. The monoisotopic (exact) mass is 886 g/mol. The molecule has 8 nitrogen and oxygen atoms in total. The number of nitrogens with zero attached hydrogens (tertiary/aromatic N) is 1. The van der Waals surface area contributed by atoms with E-state index in [1.165, 1.54) is 11.1 Å². The smallest absolute Gasteiger partial charge is 0.408 e. The highest BCUT2D eigenvalue weighted by Crippen LogP contribution is 2.63. The van der Waals surface area contributed by atoms with Crippen LogP contribution in [0.4, 0.5) is 4.79 Å². The number of carbonyl (C=O) groups excluding carboxylic acids is 2. The third-order valence-corrected chi connectivity index (χ3v) is 17.6. The average Bonchev–Trinajstić information content (AvgIpc) is 3.20. The standard InChI is InChI=1S/C53H70N2O6Si2/c1-49(2,3)40-20-24-44(25-21-40)62(42-16-12-10-13-17-42)59-30-28-55(29-31-60-63(43-18-14-11-15-19-43)45-26-22-41(23-27-45)50(4,5)6)47(56)46(61-48(57)54-51(7,8)9)52-33-38-32-39(34-52)36-53(58,35-38)37-52/h10-27,38-39,46,58H,28-37H2,1-9H3,(H,54,57). The molecule has 4 fully saturated rings. The minimum Gasteiger partial charge on any atom is -0.436 e. The summed E-state index contributed by atoms with van der Waals surface area (Å²) in [6.45, 7) is 20.2. The lowest BCUT2D eigenvalue weighted by Gasteiger charge is -2.61. The Balaban J connectivity index is 1.19. The first-order chi connectivity index (χ1) is 29.7. The minimum absolute atomic E-state index is 0.0220. The van der Waals surface area contributed by atoms with Crippen molar-refractivity contribution >= 4 is 50.8 Å². The summed E-state index contributed by atoms with van der Waals surface area (Å²) in [6, 6.07) is 38.3. The fourth-order valence-corrected chi connectivity index (χ4v) is 14.4. The number of aliphatic hydroxyl groups is 1. The molecule has 4 saturated carbocycles. The van der Waals surface area contributed by atoms with Gasteiger partial charge in [0.05, 0.1) is 18.8 Å². The molecule has 0 spiro atoms. The molecule has 0 aromatic heterocycles. The molecular weight excluding hydrogens is 817 g/mol. The molecule has 8 rings (SSSR count). The maximum atomic E-state index is 15.5. The first-order valence-corrected chi connectivity index (χ1v) is 25.8. The summed E-state index contributed by atoms with van der Waals surface area (Å²) in [5.41, 5.74) is 0.488. The van der Waals surface area contributed by atoms with Crippen LogP contribution < -0.4 is 26.1 Å². The average molecular weight is 887 g/mol. The van der Waals surface area contributed by atoms with Crippen molar-refractivity contribution in [3.63, 3.8) is 0 Å². The fourth-order valence-electron chi connectivity index (χ4n) is 10.6. The zero-order chi connectivity index (χ0) is 45.2. The molecule has 10 heteroatoms. The van der Waals surface area contributed by atoms with Crippen LogP contribution in [-0.4, -0.2) is 83.6 Å². The molecule has 0 saturated heterocycles. The van der Waals surface area contributed by atoms with Crippen molar-refractivity contribution in [2.45, 2.75) is 129 Å². The van der Waals surface area contributed by atoms with Crippen molar-refractivity contribution < 1.29 is 28.3 Å². The molecule has 2 amide bonds. The van der Waals surface area contributed by atoms with Crippen molar-refractivity contribution in [1.82, 2.24) is 10.2 Å². The molecule has 4 aromatic rings. The quantitative estimate of drug-likeness (QED) is 0.122. The van der Waals surface area contributed by atoms with Gasteiger partial charge in [-0.05, 0) is 114 Å². The van der Waals surface area contributed by atoms with Gasteiger partial charge < -0.3 is 28.9 Å². The van der Waals surface area contributed by atoms with E-state index < -0.39 is 46.8 Å². The summed E-state index contributed by atoms with van der Waals surface area (Å²) in [7, 11) is -3.39. The van der Waals surface area contributed by atoms with Gasteiger partial charge in [-0.15, -0.1) is 0 Å². The molecule has 0 aliphatic heterocycles. The summed E-state index contributed by atoms with van der Waals surface area (Å²) in [6.07, 6.45) is 2.81. The molecule has 3 unspecified atom stereocenters. The Labute approximate surface area is 380 Å². The zero-order valence-corrected chi connectivity index (χ0v) is 41.1. The highest BCUT2D eigenvalue weighted by Gasteiger charge is 2.62. The summed E-state index contributed by atoms with van der Waals surface area (Å²) in [4.78, 5) is 31.1. The zero-order valence-electron chi connectivity index (χ0n) is 39.1. The van der Waals surface area contributed by atoms with Crippen LogP contribution in [0.3, 0.4) is 0 Å². The summed E-state index contributed by atoms with van der Waals surface area (Å²) in [5, 5.41) is 19.4. The number of hydrogen-bond acceptors (Lipinski definition) is 6. The van der Waals surface area contributed by atoms with E-state index in [2.05, 4.69) is 120 Å². The molecule has 4 bridgehead atoms. The first-order valence-electron chi connectivity index (χ1n) is 23.0. The molecule has 63 heavy (non-hydrogen) atoms. The third kappa shape index (κ3) is 11.6. The Kier molecular flexibility index (Phi) is 14.0. The lowest BCUT2D eigenvalue weighted by Crippen LogP contribution is -2.63. The molecule has 2 N–H and O–H groups in total. The minimum atomic E-state index is -1.70. The van der Waals surface area contributed by atoms with E-state index in [0.717, 1.165) is 52.9 Å². The number of ether oxygens (including phenoxy) is 1. The Bertz CT molecular complexity index is 2020. The molecule has 0 heterocycles.